The van der Waals surface area contributed by atoms with Gasteiger partial charge in [0.25, 0.3) is 0 Å². The Labute approximate surface area is 280 Å². The molecule has 234 valence electrons. The topological polar surface area (TPSA) is 58.0 Å². The first-order valence-electron chi connectivity index (χ1n) is 16.5. The second-order valence-corrected chi connectivity index (χ2v) is 12.5. The van der Waals surface area contributed by atoms with Crippen molar-refractivity contribution in [1.29, 1.82) is 0 Å². The predicted octanol–water partition coefficient (Wildman–Crippen LogP) is 8.58. The molecule has 0 bridgehead atoms. The number of rotatable bonds is 11. The Morgan fingerprint density at radius 2 is 0.542 bits per heavy atom. The van der Waals surface area contributed by atoms with E-state index in [1.807, 2.05) is 24.8 Å². The van der Waals surface area contributed by atoms with Crippen LogP contribution in [0.1, 0.15) is 22.8 Å². The third-order valence-electron chi connectivity index (χ3n) is 9.03. The molecule has 4 heterocycles. The Morgan fingerprint density at radius 3 is 0.792 bits per heavy atom. The normalized spacial score (nSPS) is 11.8. The molecule has 0 fully saturated rings. The minimum Gasteiger partial charge on any atom is -0.290 e. The van der Waals surface area contributed by atoms with Crippen molar-refractivity contribution in [2.24, 2.45) is 0 Å². The van der Waals surface area contributed by atoms with E-state index in [-0.39, 0.29) is 0 Å². The van der Waals surface area contributed by atoms with Crippen LogP contribution in [0.15, 0.2) is 146 Å². The van der Waals surface area contributed by atoms with E-state index < -0.39 is 0 Å². The summed E-state index contributed by atoms with van der Waals surface area (Å²) in [6, 6.07) is 42.5. The van der Waals surface area contributed by atoms with Crippen molar-refractivity contribution < 1.29 is 0 Å². The van der Waals surface area contributed by atoms with Crippen molar-refractivity contribution in [3.63, 3.8) is 0 Å². The van der Waals surface area contributed by atoms with Crippen LogP contribution in [0.25, 0.3) is 43.1 Å². The van der Waals surface area contributed by atoms with Gasteiger partial charge >= 0.3 is 0 Å². The lowest BCUT2D eigenvalue weighted by atomic mass is 10.1. The maximum atomic E-state index is 4.86. The summed E-state index contributed by atoms with van der Waals surface area (Å²) in [5, 5.41) is 9.44. The van der Waals surface area contributed by atoms with Crippen molar-refractivity contribution in [1.82, 2.24) is 29.7 Å². The molecule has 8 rings (SSSR count). The van der Waals surface area contributed by atoms with Crippen LogP contribution >= 0.6 is 0 Å². The van der Waals surface area contributed by atoms with Crippen LogP contribution in [0.5, 0.6) is 0 Å². The second kappa shape index (κ2) is 13.7. The third kappa shape index (κ3) is 6.91. The maximum Gasteiger partial charge on any atom is 0.0550 e. The molecule has 0 aliphatic rings. The summed E-state index contributed by atoms with van der Waals surface area (Å²) in [6.45, 7) is 4.52. The lowest BCUT2D eigenvalue weighted by Crippen LogP contribution is -2.35. The fourth-order valence-electron chi connectivity index (χ4n) is 6.49. The number of pyridine rings is 4. The molecule has 48 heavy (non-hydrogen) atoms. The SMILES string of the molecule is c1ccc2cc(CN(CCN(Cc3cc4ccccc4cn3)Cc3cc4ccccc4cn3)Cc3cc4ccccc4cn3)ncc2c1. The lowest BCUT2D eigenvalue weighted by Gasteiger charge is -2.27. The van der Waals surface area contributed by atoms with Crippen LogP contribution in [-0.4, -0.2) is 42.8 Å². The van der Waals surface area contributed by atoms with E-state index in [0.717, 1.165) is 83.6 Å². The van der Waals surface area contributed by atoms with Gasteiger partial charge in [-0.05, 0) is 45.8 Å². The molecule has 8 aromatic rings. The van der Waals surface area contributed by atoms with Gasteiger partial charge in [-0.3, -0.25) is 29.7 Å². The first-order valence-corrected chi connectivity index (χ1v) is 16.5. The zero-order valence-corrected chi connectivity index (χ0v) is 26.8. The molecule has 0 aliphatic carbocycles. The highest BCUT2D eigenvalue weighted by atomic mass is 15.2. The van der Waals surface area contributed by atoms with E-state index in [2.05, 4.69) is 131 Å². The Morgan fingerprint density at radius 1 is 0.312 bits per heavy atom. The van der Waals surface area contributed by atoms with Crippen LogP contribution in [0.4, 0.5) is 0 Å². The average molecular weight is 625 g/mol. The van der Waals surface area contributed by atoms with Gasteiger partial charge in [-0.15, -0.1) is 0 Å². The van der Waals surface area contributed by atoms with Crippen LogP contribution in [-0.2, 0) is 26.2 Å². The first-order chi connectivity index (χ1) is 23.7. The van der Waals surface area contributed by atoms with Gasteiger partial charge in [0.2, 0.25) is 0 Å². The predicted molar refractivity (Wildman–Crippen MR) is 195 cm³/mol. The Kier molecular flexibility index (Phi) is 8.48. The van der Waals surface area contributed by atoms with Crippen molar-refractivity contribution in [3.05, 3.63) is 169 Å². The summed E-state index contributed by atoms with van der Waals surface area (Å²) in [5.41, 5.74) is 4.20. The molecule has 0 unspecified atom stereocenters. The van der Waals surface area contributed by atoms with Gasteiger partial charge in [0.15, 0.2) is 0 Å². The Hall–Kier alpha value is -5.56. The Balaban J connectivity index is 1.09. The minimum atomic E-state index is 0.718. The molecule has 0 spiro atoms. The van der Waals surface area contributed by atoms with E-state index in [4.69, 9.17) is 19.9 Å². The van der Waals surface area contributed by atoms with Crippen LogP contribution in [0.3, 0.4) is 0 Å². The summed E-state index contributed by atoms with van der Waals surface area (Å²) in [6.07, 6.45) is 7.95. The quantitative estimate of drug-likeness (QED) is 0.144. The molecule has 0 saturated carbocycles. The van der Waals surface area contributed by atoms with Crippen molar-refractivity contribution in [3.8, 4) is 0 Å². The van der Waals surface area contributed by atoms with Gasteiger partial charge in [-0.1, -0.05) is 97.1 Å². The summed E-state index contributed by atoms with van der Waals surface area (Å²) in [4.78, 5) is 24.4. The summed E-state index contributed by atoms with van der Waals surface area (Å²) in [5.74, 6) is 0. The van der Waals surface area contributed by atoms with Crippen LogP contribution < -0.4 is 0 Å². The standard InChI is InChI=1S/C42H36N6/c1-5-13-35-23-43-39(19-31(35)9-1)27-47(28-40-20-32-10-2-6-14-36(32)24-44-40)17-18-48(29-41-21-33-11-3-7-15-37(33)25-45-41)30-42-22-34-12-4-8-16-38(34)26-46-42/h1-16,19-26H,17-18,27-30H2. The summed E-state index contributed by atoms with van der Waals surface area (Å²) >= 11 is 0. The molecule has 6 heteroatoms. The van der Waals surface area contributed by atoms with Gasteiger partial charge in [-0.25, -0.2) is 0 Å². The first kappa shape index (κ1) is 29.8. The van der Waals surface area contributed by atoms with Crippen molar-refractivity contribution >= 4 is 43.1 Å². The molecule has 0 saturated heterocycles. The fraction of sp³-hybridized carbons (Fsp3) is 0.143. The van der Waals surface area contributed by atoms with Gasteiger partial charge in [0.1, 0.15) is 0 Å². The summed E-state index contributed by atoms with van der Waals surface area (Å²) in [7, 11) is 0. The molecule has 4 aromatic carbocycles. The maximum absolute atomic E-state index is 4.86. The number of aromatic nitrogens is 4. The molecule has 0 aliphatic heterocycles. The second-order valence-electron chi connectivity index (χ2n) is 12.5. The molecule has 0 atom stereocenters. The highest BCUT2D eigenvalue weighted by Crippen LogP contribution is 2.20. The van der Waals surface area contributed by atoms with Gasteiger partial charge in [-0.2, -0.15) is 0 Å². The highest BCUT2D eigenvalue weighted by Gasteiger charge is 2.16. The molecule has 0 radical (unpaired) electrons. The van der Waals surface area contributed by atoms with Crippen molar-refractivity contribution in [2.45, 2.75) is 26.2 Å². The molecule has 0 amide bonds. The molecule has 6 nitrogen and oxygen atoms in total. The summed E-state index contributed by atoms with van der Waals surface area (Å²) < 4.78 is 0. The molecular formula is C42H36N6. The van der Waals surface area contributed by atoms with E-state index >= 15 is 0 Å². The van der Waals surface area contributed by atoms with Crippen molar-refractivity contribution in [2.75, 3.05) is 13.1 Å². The lowest BCUT2D eigenvalue weighted by molar-refractivity contribution is 0.178. The van der Waals surface area contributed by atoms with Gasteiger partial charge in [0, 0.05) is 85.6 Å². The van der Waals surface area contributed by atoms with E-state index in [1.165, 1.54) is 21.5 Å². The number of hydrogen-bond donors (Lipinski definition) is 0. The molecular weight excluding hydrogens is 589 g/mol. The monoisotopic (exact) mass is 624 g/mol. The van der Waals surface area contributed by atoms with Gasteiger partial charge < -0.3 is 0 Å². The van der Waals surface area contributed by atoms with E-state index in [9.17, 15) is 0 Å². The van der Waals surface area contributed by atoms with Gasteiger partial charge in [0.05, 0.1) is 22.8 Å². The number of benzene rings is 4. The largest absolute Gasteiger partial charge is 0.290 e. The number of hydrogen-bond acceptors (Lipinski definition) is 6. The molecule has 4 aromatic heterocycles. The average Bonchev–Trinajstić information content (AvgIpc) is 3.13. The third-order valence-corrected chi connectivity index (χ3v) is 9.03. The number of fused-ring (bicyclic) bond motifs is 4. The van der Waals surface area contributed by atoms with Crippen LogP contribution in [0, 0.1) is 0 Å². The van der Waals surface area contributed by atoms with E-state index in [1.54, 1.807) is 0 Å². The Bertz CT molecular complexity index is 2020. The van der Waals surface area contributed by atoms with Crippen LogP contribution in [0.2, 0.25) is 0 Å². The highest BCUT2D eigenvalue weighted by molar-refractivity contribution is 5.83. The zero-order chi connectivity index (χ0) is 32.1. The zero-order valence-electron chi connectivity index (χ0n) is 26.8. The fourth-order valence-corrected chi connectivity index (χ4v) is 6.49. The smallest absolute Gasteiger partial charge is 0.0550 e. The number of nitrogens with zero attached hydrogens (tertiary/aromatic N) is 6. The van der Waals surface area contributed by atoms with E-state index in [0.29, 0.717) is 0 Å². The molecule has 0 N–H and O–H groups in total. The minimum absolute atomic E-state index is 0.718.